The summed E-state index contributed by atoms with van der Waals surface area (Å²) in [6.07, 6.45) is 0. The minimum Gasteiger partial charge on any atom is -0.480 e. The smallest absolute Gasteiger partial charge is 0.326 e. The fourth-order valence-electron chi connectivity index (χ4n) is 1.81. The third kappa shape index (κ3) is 6.75. The topological polar surface area (TPSA) is 81.7 Å². The van der Waals surface area contributed by atoms with E-state index in [4.69, 9.17) is 0 Å². The number of carboxylic acid groups (broad SMARTS) is 1. The predicted molar refractivity (Wildman–Crippen MR) is 79.7 cm³/mol. The molecular formula is C14H29N3O3. The van der Waals surface area contributed by atoms with E-state index in [0.717, 1.165) is 0 Å². The maximum absolute atomic E-state index is 12.0. The second kappa shape index (κ2) is 7.47. The van der Waals surface area contributed by atoms with Gasteiger partial charge in [0.05, 0.1) is 0 Å². The average Bonchev–Trinajstić information content (AvgIpc) is 2.22. The fourth-order valence-corrected chi connectivity index (χ4v) is 1.81. The number of aliphatic carboxylic acids is 1. The Hall–Kier alpha value is -1.30. The van der Waals surface area contributed by atoms with Crippen molar-refractivity contribution in [3.05, 3.63) is 0 Å². The van der Waals surface area contributed by atoms with Crippen LogP contribution in [-0.4, -0.2) is 54.7 Å². The quantitative estimate of drug-likeness (QED) is 0.689. The molecule has 2 atom stereocenters. The number of likely N-dealkylation sites (N-methyl/N-ethyl adjacent to an activating group) is 1. The summed E-state index contributed by atoms with van der Waals surface area (Å²) < 4.78 is 0. The molecule has 3 N–H and O–H groups in total. The van der Waals surface area contributed by atoms with Crippen molar-refractivity contribution in [3.63, 3.8) is 0 Å². The Balaban J connectivity index is 4.69. The third-order valence-electron chi connectivity index (χ3n) is 3.07. The molecule has 0 heterocycles. The molecule has 0 aromatic heterocycles. The third-order valence-corrected chi connectivity index (χ3v) is 3.07. The number of urea groups is 1. The van der Waals surface area contributed by atoms with E-state index in [-0.39, 0.29) is 12.0 Å². The summed E-state index contributed by atoms with van der Waals surface area (Å²) in [5.41, 5.74) is -0.544. The molecule has 0 aromatic rings. The van der Waals surface area contributed by atoms with Gasteiger partial charge in [0.25, 0.3) is 0 Å². The Morgan fingerprint density at radius 3 is 1.95 bits per heavy atom. The summed E-state index contributed by atoms with van der Waals surface area (Å²) in [6.45, 7) is 10.1. The van der Waals surface area contributed by atoms with Crippen molar-refractivity contribution in [1.29, 1.82) is 0 Å². The molecule has 20 heavy (non-hydrogen) atoms. The number of carboxylic acids is 1. The lowest BCUT2D eigenvalue weighted by atomic mass is 9.87. The zero-order valence-electron chi connectivity index (χ0n) is 13.7. The van der Waals surface area contributed by atoms with Gasteiger partial charge in [-0.05, 0) is 25.4 Å². The Kier molecular flexibility index (Phi) is 6.99. The predicted octanol–water partition coefficient (Wildman–Crippen LogP) is 1.37. The van der Waals surface area contributed by atoms with Crippen LogP contribution >= 0.6 is 0 Å². The van der Waals surface area contributed by atoms with Gasteiger partial charge in [-0.25, -0.2) is 9.59 Å². The monoisotopic (exact) mass is 287 g/mol. The molecule has 0 aliphatic heterocycles. The van der Waals surface area contributed by atoms with Gasteiger partial charge in [0, 0.05) is 12.6 Å². The van der Waals surface area contributed by atoms with Gasteiger partial charge in [-0.15, -0.1) is 0 Å². The molecule has 0 radical (unpaired) electrons. The van der Waals surface area contributed by atoms with E-state index < -0.39 is 23.5 Å². The molecule has 2 unspecified atom stereocenters. The summed E-state index contributed by atoms with van der Waals surface area (Å²) in [4.78, 5) is 25.2. The van der Waals surface area contributed by atoms with Gasteiger partial charge >= 0.3 is 12.0 Å². The van der Waals surface area contributed by atoms with Gasteiger partial charge in [-0.1, -0.05) is 34.6 Å². The first-order valence-corrected chi connectivity index (χ1v) is 6.89. The molecule has 0 saturated carbocycles. The number of carbonyl (C=O) groups is 2. The maximum Gasteiger partial charge on any atom is 0.326 e. The van der Waals surface area contributed by atoms with E-state index in [9.17, 15) is 14.7 Å². The van der Waals surface area contributed by atoms with Gasteiger partial charge in [0.15, 0.2) is 0 Å². The van der Waals surface area contributed by atoms with Crippen molar-refractivity contribution in [2.24, 2.45) is 11.3 Å². The first-order chi connectivity index (χ1) is 8.95. The van der Waals surface area contributed by atoms with Gasteiger partial charge < -0.3 is 20.6 Å². The Labute approximate surface area is 121 Å². The van der Waals surface area contributed by atoms with Crippen LogP contribution in [0.1, 0.15) is 34.6 Å². The standard InChI is InChI=1S/C14H29N3O3/c1-9(2)10(8-17(6)7)15-13(20)16-11(12(18)19)14(3,4)5/h9-11H,8H2,1-7H3,(H,18,19)(H2,15,16,20). The summed E-state index contributed by atoms with van der Waals surface area (Å²) in [5.74, 6) is -0.762. The van der Waals surface area contributed by atoms with Gasteiger partial charge in [0.2, 0.25) is 0 Å². The van der Waals surface area contributed by atoms with Crippen LogP contribution in [0.15, 0.2) is 0 Å². The Bertz CT molecular complexity index is 335. The highest BCUT2D eigenvalue weighted by Crippen LogP contribution is 2.19. The van der Waals surface area contributed by atoms with Crippen LogP contribution in [0.3, 0.4) is 0 Å². The number of amides is 2. The molecule has 0 saturated heterocycles. The average molecular weight is 287 g/mol. The van der Waals surface area contributed by atoms with Crippen LogP contribution in [-0.2, 0) is 4.79 Å². The first kappa shape index (κ1) is 18.7. The van der Waals surface area contributed by atoms with E-state index in [2.05, 4.69) is 10.6 Å². The van der Waals surface area contributed by atoms with Crippen molar-refractivity contribution >= 4 is 12.0 Å². The number of nitrogens with one attached hydrogen (secondary N) is 2. The summed E-state index contributed by atoms with van der Waals surface area (Å²) in [5, 5.41) is 14.6. The number of hydrogen-bond donors (Lipinski definition) is 3. The molecule has 6 nitrogen and oxygen atoms in total. The number of carbonyl (C=O) groups excluding carboxylic acids is 1. The molecule has 0 aliphatic carbocycles. The Morgan fingerprint density at radius 2 is 1.65 bits per heavy atom. The molecule has 6 heteroatoms. The Morgan fingerprint density at radius 1 is 1.15 bits per heavy atom. The minimum absolute atomic E-state index is 0.0283. The normalized spacial score (nSPS) is 15.1. The van der Waals surface area contributed by atoms with Crippen LogP contribution in [0.2, 0.25) is 0 Å². The fraction of sp³-hybridized carbons (Fsp3) is 0.857. The highest BCUT2D eigenvalue weighted by molar-refractivity contribution is 5.83. The van der Waals surface area contributed by atoms with Crippen LogP contribution < -0.4 is 10.6 Å². The summed E-state index contributed by atoms with van der Waals surface area (Å²) in [7, 11) is 3.87. The van der Waals surface area contributed by atoms with Crippen molar-refractivity contribution in [1.82, 2.24) is 15.5 Å². The lowest BCUT2D eigenvalue weighted by Crippen LogP contribution is -2.56. The van der Waals surface area contributed by atoms with Crippen LogP contribution in [0, 0.1) is 11.3 Å². The van der Waals surface area contributed by atoms with Crippen LogP contribution in [0.5, 0.6) is 0 Å². The number of hydrogen-bond acceptors (Lipinski definition) is 3. The largest absolute Gasteiger partial charge is 0.480 e. The van der Waals surface area contributed by atoms with Crippen molar-refractivity contribution in [2.75, 3.05) is 20.6 Å². The van der Waals surface area contributed by atoms with Crippen LogP contribution in [0.4, 0.5) is 4.79 Å². The van der Waals surface area contributed by atoms with E-state index in [1.807, 2.05) is 32.8 Å². The molecular weight excluding hydrogens is 258 g/mol. The lowest BCUT2D eigenvalue weighted by molar-refractivity contribution is -0.141. The molecule has 0 fully saturated rings. The summed E-state index contributed by atoms with van der Waals surface area (Å²) in [6, 6.07) is -1.39. The minimum atomic E-state index is -1.03. The van der Waals surface area contributed by atoms with Gasteiger partial charge in [-0.3, -0.25) is 0 Å². The van der Waals surface area contributed by atoms with E-state index in [1.165, 1.54) is 0 Å². The molecule has 0 bridgehead atoms. The van der Waals surface area contributed by atoms with Crippen molar-refractivity contribution in [3.8, 4) is 0 Å². The molecule has 118 valence electrons. The van der Waals surface area contributed by atoms with E-state index in [0.29, 0.717) is 6.54 Å². The zero-order chi connectivity index (χ0) is 16.1. The maximum atomic E-state index is 12.0. The highest BCUT2D eigenvalue weighted by Gasteiger charge is 2.33. The van der Waals surface area contributed by atoms with E-state index in [1.54, 1.807) is 20.8 Å². The molecule has 2 amide bonds. The lowest BCUT2D eigenvalue weighted by Gasteiger charge is -2.30. The molecule has 0 spiro atoms. The summed E-state index contributed by atoms with van der Waals surface area (Å²) >= 11 is 0. The number of rotatable bonds is 6. The second-order valence-corrected chi connectivity index (χ2v) is 6.87. The van der Waals surface area contributed by atoms with E-state index >= 15 is 0 Å². The number of nitrogens with zero attached hydrogens (tertiary/aromatic N) is 1. The molecule has 0 aliphatic rings. The van der Waals surface area contributed by atoms with Gasteiger partial charge in [0.1, 0.15) is 6.04 Å². The second-order valence-electron chi connectivity index (χ2n) is 6.87. The molecule has 0 rings (SSSR count). The first-order valence-electron chi connectivity index (χ1n) is 6.89. The van der Waals surface area contributed by atoms with Crippen molar-refractivity contribution < 1.29 is 14.7 Å². The molecule has 0 aromatic carbocycles. The van der Waals surface area contributed by atoms with Crippen molar-refractivity contribution in [2.45, 2.75) is 46.7 Å². The highest BCUT2D eigenvalue weighted by atomic mass is 16.4. The van der Waals surface area contributed by atoms with Gasteiger partial charge in [-0.2, -0.15) is 0 Å². The van der Waals surface area contributed by atoms with Crippen LogP contribution in [0.25, 0.3) is 0 Å². The SMILES string of the molecule is CC(C)C(CN(C)C)NC(=O)NC(C(=O)O)C(C)(C)C. The zero-order valence-corrected chi connectivity index (χ0v) is 13.7.